The van der Waals surface area contributed by atoms with Crippen LogP contribution in [0, 0.1) is 11.3 Å². The molecule has 3 aromatic rings. The fraction of sp³-hybridized carbons (Fsp3) is 0.312. The van der Waals surface area contributed by atoms with E-state index in [0.717, 1.165) is 23.7 Å². The van der Waals surface area contributed by atoms with E-state index in [-0.39, 0.29) is 17.2 Å². The van der Waals surface area contributed by atoms with Crippen molar-refractivity contribution in [3.63, 3.8) is 0 Å². The van der Waals surface area contributed by atoms with Crippen LogP contribution < -0.4 is 5.69 Å². The summed E-state index contributed by atoms with van der Waals surface area (Å²) < 4.78 is 1.49. The lowest BCUT2D eigenvalue weighted by Crippen LogP contribution is -2.18. The zero-order chi connectivity index (χ0) is 17.8. The van der Waals surface area contributed by atoms with Crippen LogP contribution in [0.3, 0.4) is 0 Å². The van der Waals surface area contributed by atoms with E-state index in [9.17, 15) is 14.9 Å². The molecule has 0 aliphatic heterocycles. The number of aromatic nitrogens is 5. The SMILES string of the molecule is CCCn1c(SCC(=O)C(C#N)c2nc3ccccc3[nH]2)n[nH]c1=O. The number of carbonyl (C=O) groups excluding carboxylic acids is 1. The number of ketones is 1. The number of hydrogen-bond acceptors (Lipinski definition) is 6. The Labute approximate surface area is 147 Å². The number of imidazole rings is 1. The van der Waals surface area contributed by atoms with E-state index >= 15 is 0 Å². The van der Waals surface area contributed by atoms with Crippen LogP contribution >= 0.6 is 11.8 Å². The number of thioether (sulfide) groups is 1. The minimum Gasteiger partial charge on any atom is -0.340 e. The first-order chi connectivity index (χ1) is 12.1. The van der Waals surface area contributed by atoms with Crippen LogP contribution in [-0.4, -0.2) is 36.3 Å². The standard InChI is InChI=1S/C16H16N6O2S/c1-2-7-22-15(24)20-21-16(22)25-9-13(23)10(8-17)14-18-11-5-3-4-6-12(11)19-14/h3-6,10H,2,7,9H2,1H3,(H,18,19)(H,20,24). The molecule has 25 heavy (non-hydrogen) atoms. The van der Waals surface area contributed by atoms with Crippen molar-refractivity contribution in [1.29, 1.82) is 5.26 Å². The Morgan fingerprint density at radius 2 is 2.24 bits per heavy atom. The predicted octanol–water partition coefficient (Wildman–Crippen LogP) is 1.83. The fourth-order valence-electron chi connectivity index (χ4n) is 2.45. The summed E-state index contributed by atoms with van der Waals surface area (Å²) in [5, 5.41) is 16.2. The highest BCUT2D eigenvalue weighted by atomic mass is 32.2. The maximum Gasteiger partial charge on any atom is 0.343 e. The molecule has 9 heteroatoms. The van der Waals surface area contributed by atoms with E-state index in [1.54, 1.807) is 0 Å². The Bertz CT molecular complexity index is 963. The molecule has 2 N–H and O–H groups in total. The van der Waals surface area contributed by atoms with Crippen molar-refractivity contribution < 1.29 is 4.79 Å². The zero-order valence-electron chi connectivity index (χ0n) is 13.5. The molecule has 1 aromatic carbocycles. The molecule has 128 valence electrons. The highest BCUT2D eigenvalue weighted by Gasteiger charge is 2.24. The second-order valence-corrected chi connectivity index (χ2v) is 6.36. The number of rotatable bonds is 7. The van der Waals surface area contributed by atoms with Gasteiger partial charge >= 0.3 is 5.69 Å². The van der Waals surface area contributed by atoms with Gasteiger partial charge in [-0.3, -0.25) is 9.36 Å². The Kier molecular flexibility index (Phi) is 5.00. The lowest BCUT2D eigenvalue weighted by atomic mass is 10.1. The van der Waals surface area contributed by atoms with Crippen molar-refractivity contribution in [3.8, 4) is 6.07 Å². The van der Waals surface area contributed by atoms with Crippen molar-refractivity contribution in [2.75, 3.05) is 5.75 Å². The Balaban J connectivity index is 1.75. The number of Topliss-reactive ketones (excluding diaryl/α,β-unsaturated/α-hetero) is 1. The summed E-state index contributed by atoms with van der Waals surface area (Å²) >= 11 is 1.14. The molecule has 1 unspecified atom stereocenters. The van der Waals surface area contributed by atoms with Gasteiger partial charge in [0.1, 0.15) is 5.82 Å². The maximum absolute atomic E-state index is 12.5. The van der Waals surface area contributed by atoms with E-state index in [4.69, 9.17) is 0 Å². The van der Waals surface area contributed by atoms with Gasteiger partial charge in [0.05, 0.1) is 22.9 Å². The summed E-state index contributed by atoms with van der Waals surface area (Å²) in [6.07, 6.45) is 0.779. The molecule has 0 radical (unpaired) electrons. The topological polar surface area (TPSA) is 120 Å². The molecular weight excluding hydrogens is 340 g/mol. The van der Waals surface area contributed by atoms with E-state index < -0.39 is 5.92 Å². The average Bonchev–Trinajstić information content (AvgIpc) is 3.18. The lowest BCUT2D eigenvalue weighted by Gasteiger charge is -2.06. The minimum absolute atomic E-state index is 0.0310. The lowest BCUT2D eigenvalue weighted by molar-refractivity contribution is -0.117. The van der Waals surface area contributed by atoms with Crippen molar-refractivity contribution in [1.82, 2.24) is 24.7 Å². The van der Waals surface area contributed by atoms with Gasteiger partial charge in [-0.05, 0) is 18.6 Å². The van der Waals surface area contributed by atoms with Crippen molar-refractivity contribution in [2.24, 2.45) is 0 Å². The monoisotopic (exact) mass is 356 g/mol. The van der Waals surface area contributed by atoms with Crippen LogP contribution in [0.25, 0.3) is 11.0 Å². The molecule has 0 spiro atoms. The van der Waals surface area contributed by atoms with Crippen molar-refractivity contribution in [2.45, 2.75) is 31.0 Å². The van der Waals surface area contributed by atoms with Gasteiger partial charge in [-0.1, -0.05) is 30.8 Å². The summed E-state index contributed by atoms with van der Waals surface area (Å²) in [5.41, 5.74) is 1.19. The van der Waals surface area contributed by atoms with E-state index in [1.165, 1.54) is 4.57 Å². The number of benzene rings is 1. The minimum atomic E-state index is -0.981. The number of H-pyrrole nitrogens is 2. The molecule has 3 rings (SSSR count). The maximum atomic E-state index is 12.5. The molecule has 0 amide bonds. The molecule has 0 saturated carbocycles. The molecule has 2 heterocycles. The van der Waals surface area contributed by atoms with Crippen LogP contribution in [0.2, 0.25) is 0 Å². The largest absolute Gasteiger partial charge is 0.343 e. The summed E-state index contributed by atoms with van der Waals surface area (Å²) in [6.45, 7) is 2.48. The van der Waals surface area contributed by atoms with Gasteiger partial charge in [-0.2, -0.15) is 5.26 Å². The number of nitrogens with one attached hydrogen (secondary N) is 2. The fourth-order valence-corrected chi connectivity index (χ4v) is 3.33. The number of hydrogen-bond donors (Lipinski definition) is 2. The first kappa shape index (κ1) is 17.0. The third kappa shape index (κ3) is 3.49. The number of fused-ring (bicyclic) bond motifs is 1. The van der Waals surface area contributed by atoms with Gasteiger partial charge in [-0.25, -0.2) is 14.9 Å². The second kappa shape index (κ2) is 7.36. The Morgan fingerprint density at radius 1 is 1.44 bits per heavy atom. The number of nitriles is 1. The van der Waals surface area contributed by atoms with E-state index in [0.29, 0.717) is 23.0 Å². The normalized spacial score (nSPS) is 12.2. The Morgan fingerprint density at radius 3 is 2.96 bits per heavy atom. The Hall–Kier alpha value is -2.86. The number of para-hydroxylation sites is 2. The summed E-state index contributed by atoms with van der Waals surface area (Å²) in [6, 6.07) is 9.36. The molecular formula is C16H16N6O2S. The van der Waals surface area contributed by atoms with Gasteiger partial charge in [0.15, 0.2) is 16.9 Å². The van der Waals surface area contributed by atoms with Crippen LogP contribution in [0.1, 0.15) is 25.1 Å². The van der Waals surface area contributed by atoms with Gasteiger partial charge in [0.25, 0.3) is 0 Å². The van der Waals surface area contributed by atoms with Gasteiger partial charge in [-0.15, -0.1) is 5.10 Å². The molecule has 8 nitrogen and oxygen atoms in total. The predicted molar refractivity (Wildman–Crippen MR) is 93.3 cm³/mol. The van der Waals surface area contributed by atoms with Crippen LogP contribution in [0.4, 0.5) is 0 Å². The quantitative estimate of drug-likeness (QED) is 0.623. The summed E-state index contributed by atoms with van der Waals surface area (Å²) in [4.78, 5) is 31.5. The third-order valence-electron chi connectivity index (χ3n) is 3.65. The van der Waals surface area contributed by atoms with Crippen LogP contribution in [-0.2, 0) is 11.3 Å². The highest BCUT2D eigenvalue weighted by molar-refractivity contribution is 7.99. The van der Waals surface area contributed by atoms with Gasteiger partial charge < -0.3 is 4.98 Å². The van der Waals surface area contributed by atoms with Crippen molar-refractivity contribution in [3.05, 3.63) is 40.6 Å². The third-order valence-corrected chi connectivity index (χ3v) is 4.64. The van der Waals surface area contributed by atoms with E-state index in [1.807, 2.05) is 37.3 Å². The first-order valence-electron chi connectivity index (χ1n) is 7.79. The number of carbonyl (C=O) groups is 1. The van der Waals surface area contributed by atoms with Crippen molar-refractivity contribution >= 4 is 28.6 Å². The number of nitrogens with zero attached hydrogens (tertiary/aromatic N) is 4. The molecule has 0 aliphatic rings. The molecule has 0 aliphatic carbocycles. The average molecular weight is 356 g/mol. The molecule has 1 atom stereocenters. The molecule has 0 fully saturated rings. The zero-order valence-corrected chi connectivity index (χ0v) is 14.3. The van der Waals surface area contributed by atoms with E-state index in [2.05, 4.69) is 20.2 Å². The summed E-state index contributed by atoms with van der Waals surface area (Å²) in [5.74, 6) is -0.902. The first-order valence-corrected chi connectivity index (χ1v) is 8.77. The molecule has 0 bridgehead atoms. The second-order valence-electron chi connectivity index (χ2n) is 5.42. The smallest absolute Gasteiger partial charge is 0.340 e. The molecule has 0 saturated heterocycles. The summed E-state index contributed by atoms with van der Waals surface area (Å²) in [7, 11) is 0. The highest BCUT2D eigenvalue weighted by Crippen LogP contribution is 2.21. The van der Waals surface area contributed by atoms with Gasteiger partial charge in [0.2, 0.25) is 0 Å². The van der Waals surface area contributed by atoms with Crippen LogP contribution in [0.5, 0.6) is 0 Å². The molecule has 2 aromatic heterocycles. The van der Waals surface area contributed by atoms with Gasteiger partial charge in [0, 0.05) is 6.54 Å². The number of aromatic amines is 2. The van der Waals surface area contributed by atoms with Crippen LogP contribution in [0.15, 0.2) is 34.2 Å².